The van der Waals surface area contributed by atoms with Crippen LogP contribution in [-0.4, -0.2) is 48.5 Å². The monoisotopic (exact) mass is 564 g/mol. The predicted molar refractivity (Wildman–Crippen MR) is 157 cm³/mol. The number of sulfonamides is 1. The lowest BCUT2D eigenvalue weighted by Gasteiger charge is -2.45. The second kappa shape index (κ2) is 12.5. The molecule has 4 rings (SSSR count). The van der Waals surface area contributed by atoms with Crippen LogP contribution in [0.25, 0.3) is 0 Å². The molecule has 0 radical (unpaired) electrons. The number of nitrogens with zero attached hydrogens (tertiary/aromatic N) is 1. The molecular formula is C32H40N2O5S. The molecule has 0 saturated carbocycles. The number of hydrogen-bond donors (Lipinski definition) is 2. The Labute approximate surface area is 238 Å². The number of rotatable bonds is 11. The number of aliphatic hydroxyl groups excluding tert-OH is 1. The molecule has 0 aromatic heterocycles. The topological polar surface area (TPSA) is 95.9 Å². The van der Waals surface area contributed by atoms with Gasteiger partial charge < -0.3 is 15.2 Å². The lowest BCUT2D eigenvalue weighted by atomic mass is 9.85. The van der Waals surface area contributed by atoms with Crippen molar-refractivity contribution in [3.05, 3.63) is 95.1 Å². The van der Waals surface area contributed by atoms with Crippen molar-refractivity contribution in [2.24, 2.45) is 0 Å². The number of hydrogen-bond acceptors (Lipinski definition) is 5. The van der Waals surface area contributed by atoms with E-state index in [9.17, 15) is 18.3 Å². The van der Waals surface area contributed by atoms with E-state index in [2.05, 4.69) is 5.32 Å². The summed E-state index contributed by atoms with van der Waals surface area (Å²) < 4.78 is 35.7. The van der Waals surface area contributed by atoms with Gasteiger partial charge in [0.05, 0.1) is 10.9 Å². The van der Waals surface area contributed by atoms with E-state index in [1.165, 1.54) is 4.31 Å². The number of carbonyl (C=O) groups excluding carboxylic acids is 1. The van der Waals surface area contributed by atoms with Crippen molar-refractivity contribution in [2.75, 3.05) is 13.1 Å². The summed E-state index contributed by atoms with van der Waals surface area (Å²) in [6, 6.07) is 20.9. The lowest BCUT2D eigenvalue weighted by Crippen LogP contribution is -2.54. The first-order valence-corrected chi connectivity index (χ1v) is 15.5. The zero-order valence-corrected chi connectivity index (χ0v) is 24.6. The Bertz CT molecular complexity index is 1400. The van der Waals surface area contributed by atoms with E-state index in [0.717, 1.165) is 24.0 Å². The maximum atomic E-state index is 14.1. The molecule has 8 heteroatoms. The van der Waals surface area contributed by atoms with E-state index in [1.54, 1.807) is 44.2 Å². The summed E-state index contributed by atoms with van der Waals surface area (Å²) in [5.74, 6) is 0.189. The predicted octanol–water partition coefficient (Wildman–Crippen LogP) is 5.29. The zero-order chi connectivity index (χ0) is 28.9. The summed E-state index contributed by atoms with van der Waals surface area (Å²) in [6.45, 7) is 8.19. The van der Waals surface area contributed by atoms with Crippen LogP contribution in [0.4, 0.5) is 0 Å². The highest BCUT2D eigenvalue weighted by molar-refractivity contribution is 7.89. The summed E-state index contributed by atoms with van der Waals surface area (Å²) in [4.78, 5) is 13.3. The van der Waals surface area contributed by atoms with Gasteiger partial charge in [-0.05, 0) is 74.6 Å². The summed E-state index contributed by atoms with van der Waals surface area (Å²) >= 11 is 0. The average molecular weight is 565 g/mol. The maximum Gasteiger partial charge on any atom is 0.251 e. The van der Waals surface area contributed by atoms with Gasteiger partial charge in [0, 0.05) is 24.2 Å². The molecule has 1 aliphatic heterocycles. The van der Waals surface area contributed by atoms with Crippen LogP contribution in [0.3, 0.4) is 0 Å². The Morgan fingerprint density at radius 2 is 1.70 bits per heavy atom. The number of unbranched alkanes of at least 4 members (excludes halogenated alkanes) is 1. The summed E-state index contributed by atoms with van der Waals surface area (Å²) in [5.41, 5.74) is 1.97. The van der Waals surface area contributed by atoms with Crippen molar-refractivity contribution in [3.63, 3.8) is 0 Å². The number of amides is 1. The van der Waals surface area contributed by atoms with Crippen LogP contribution >= 0.6 is 0 Å². The van der Waals surface area contributed by atoms with Crippen molar-refractivity contribution in [3.8, 4) is 5.75 Å². The molecule has 0 unspecified atom stereocenters. The molecule has 2 atom stereocenters. The van der Waals surface area contributed by atoms with Gasteiger partial charge in [-0.15, -0.1) is 0 Å². The van der Waals surface area contributed by atoms with Crippen LogP contribution < -0.4 is 10.1 Å². The Morgan fingerprint density at radius 1 is 1.00 bits per heavy atom. The van der Waals surface area contributed by atoms with Crippen LogP contribution in [0.2, 0.25) is 0 Å². The number of nitrogens with one attached hydrogen (secondary N) is 1. The fraction of sp³-hybridized carbons (Fsp3) is 0.406. The van der Waals surface area contributed by atoms with E-state index in [0.29, 0.717) is 36.3 Å². The Hall–Kier alpha value is -3.20. The average Bonchev–Trinajstić information content (AvgIpc) is 2.95. The van der Waals surface area contributed by atoms with E-state index in [-0.39, 0.29) is 17.3 Å². The molecule has 2 N–H and O–H groups in total. The Kier molecular flexibility index (Phi) is 9.33. The first-order valence-electron chi connectivity index (χ1n) is 14.0. The van der Waals surface area contributed by atoms with Gasteiger partial charge in [0.15, 0.2) is 0 Å². The first kappa shape index (κ1) is 29.8. The number of carbonyl (C=O) groups is 1. The number of aliphatic hydroxyl groups is 1. The minimum Gasteiger partial charge on any atom is -0.485 e. The highest BCUT2D eigenvalue weighted by Gasteiger charge is 2.48. The number of ether oxygens (including phenoxy) is 1. The third-order valence-electron chi connectivity index (χ3n) is 7.50. The maximum absolute atomic E-state index is 14.1. The van der Waals surface area contributed by atoms with E-state index < -0.39 is 27.8 Å². The zero-order valence-electron chi connectivity index (χ0n) is 23.8. The molecule has 0 spiro atoms. The Morgan fingerprint density at radius 3 is 2.35 bits per heavy atom. The smallest absolute Gasteiger partial charge is 0.251 e. The van der Waals surface area contributed by atoms with Gasteiger partial charge in [0.25, 0.3) is 5.91 Å². The minimum absolute atomic E-state index is 0.175. The van der Waals surface area contributed by atoms with Gasteiger partial charge in [0.1, 0.15) is 17.5 Å². The van der Waals surface area contributed by atoms with E-state index >= 15 is 0 Å². The molecule has 0 fully saturated rings. The van der Waals surface area contributed by atoms with Crippen LogP contribution in [0.5, 0.6) is 5.75 Å². The second-order valence-electron chi connectivity index (χ2n) is 10.8. The van der Waals surface area contributed by atoms with Gasteiger partial charge in [-0.2, -0.15) is 4.31 Å². The van der Waals surface area contributed by atoms with Gasteiger partial charge >= 0.3 is 0 Å². The van der Waals surface area contributed by atoms with Gasteiger partial charge in [-0.25, -0.2) is 8.42 Å². The SMILES string of the molecule is CCCCN([C@@H]1c2cc(C(=O)NCCc3ccccc3)ccc2OC(C)(C)[C@H]1O)S(=O)(=O)c1ccc(CC)cc1. The standard InChI is InChI=1S/C32H40N2O5S/c1-5-7-21-34(40(37,38)26-16-13-23(6-2)14-17-26)29-27-22-25(15-18-28(27)39-32(3,4)30(29)35)31(36)33-20-19-24-11-9-8-10-12-24/h8-18,22,29-30,35H,5-7,19-21H2,1-4H3,(H,33,36)/t29-,30+/m1/s1. The molecule has 1 aliphatic rings. The molecule has 3 aromatic rings. The summed E-state index contributed by atoms with van der Waals surface area (Å²) in [6.07, 6.45) is 1.72. The van der Waals surface area contributed by atoms with E-state index in [4.69, 9.17) is 4.74 Å². The quantitative estimate of drug-likeness (QED) is 0.330. The molecule has 1 amide bonds. The first-order chi connectivity index (χ1) is 19.1. The van der Waals surface area contributed by atoms with Crippen LogP contribution in [0, 0.1) is 0 Å². The molecule has 0 saturated heterocycles. The minimum atomic E-state index is -3.98. The second-order valence-corrected chi connectivity index (χ2v) is 12.7. The number of aryl methyl sites for hydroxylation is 1. The fourth-order valence-corrected chi connectivity index (χ4v) is 6.69. The molecule has 7 nitrogen and oxygen atoms in total. The van der Waals surface area contributed by atoms with Crippen molar-refractivity contribution in [1.29, 1.82) is 0 Å². The summed E-state index contributed by atoms with van der Waals surface area (Å²) in [5, 5.41) is 14.5. The summed E-state index contributed by atoms with van der Waals surface area (Å²) in [7, 11) is -3.98. The van der Waals surface area contributed by atoms with Crippen molar-refractivity contribution in [2.45, 2.75) is 76.0 Å². The Balaban J connectivity index is 1.70. The largest absolute Gasteiger partial charge is 0.485 e. The van der Waals surface area contributed by atoms with Crippen molar-refractivity contribution in [1.82, 2.24) is 9.62 Å². The molecule has 0 bridgehead atoms. The van der Waals surface area contributed by atoms with Crippen molar-refractivity contribution >= 4 is 15.9 Å². The number of fused-ring (bicyclic) bond motifs is 1. The van der Waals surface area contributed by atoms with Crippen LogP contribution in [0.15, 0.2) is 77.7 Å². The normalized spacial score (nSPS) is 18.1. The molecule has 1 heterocycles. The molecule has 214 valence electrons. The molecule has 3 aromatic carbocycles. The lowest BCUT2D eigenvalue weighted by molar-refractivity contribution is -0.0793. The highest BCUT2D eigenvalue weighted by Crippen LogP contribution is 2.45. The van der Waals surface area contributed by atoms with Crippen molar-refractivity contribution < 1.29 is 23.1 Å². The number of benzene rings is 3. The van der Waals surface area contributed by atoms with E-state index in [1.807, 2.05) is 56.3 Å². The fourth-order valence-electron chi connectivity index (χ4n) is 5.04. The van der Waals surface area contributed by atoms with Crippen LogP contribution in [-0.2, 0) is 22.9 Å². The highest BCUT2D eigenvalue weighted by atomic mass is 32.2. The molecular weight excluding hydrogens is 524 g/mol. The van der Waals surface area contributed by atoms with Crippen LogP contribution in [0.1, 0.15) is 73.6 Å². The van der Waals surface area contributed by atoms with Gasteiger partial charge in [-0.1, -0.05) is 62.7 Å². The molecule has 40 heavy (non-hydrogen) atoms. The third kappa shape index (κ3) is 6.40. The van der Waals surface area contributed by atoms with Gasteiger partial charge in [0.2, 0.25) is 10.0 Å². The van der Waals surface area contributed by atoms with Gasteiger partial charge in [-0.3, -0.25) is 4.79 Å². The molecule has 0 aliphatic carbocycles. The third-order valence-corrected chi connectivity index (χ3v) is 9.39.